The molecule has 1 saturated heterocycles. The van der Waals surface area contributed by atoms with Crippen LogP contribution >= 0.6 is 0 Å². The molecule has 0 bridgehead atoms. The summed E-state index contributed by atoms with van der Waals surface area (Å²) in [6.07, 6.45) is 8.16. The zero-order valence-electron chi connectivity index (χ0n) is 14.1. The second-order valence-electron chi connectivity index (χ2n) is 6.86. The fourth-order valence-electron chi connectivity index (χ4n) is 2.97. The molecule has 22 heavy (non-hydrogen) atoms. The maximum Gasteiger partial charge on any atom is 0.334 e. The van der Waals surface area contributed by atoms with Crippen LogP contribution in [0, 0.1) is 11.8 Å². The third kappa shape index (κ3) is 4.57. The van der Waals surface area contributed by atoms with Crippen molar-refractivity contribution in [1.29, 1.82) is 0 Å². The highest BCUT2D eigenvalue weighted by Gasteiger charge is 2.37. The van der Waals surface area contributed by atoms with Crippen molar-refractivity contribution in [2.45, 2.75) is 52.6 Å². The van der Waals surface area contributed by atoms with E-state index in [2.05, 4.69) is 39.5 Å². The number of rotatable bonds is 4. The van der Waals surface area contributed by atoms with Crippen LogP contribution in [0.3, 0.4) is 0 Å². The fourth-order valence-corrected chi connectivity index (χ4v) is 2.97. The molecule has 0 N–H and O–H groups in total. The molecular formula is C19H28O3. The van der Waals surface area contributed by atoms with E-state index in [1.54, 1.807) is 0 Å². The molecule has 2 aliphatic rings. The summed E-state index contributed by atoms with van der Waals surface area (Å²) in [4.78, 5) is 11.8. The minimum Gasteiger partial charge on any atom is -0.454 e. The number of carbonyl (C=O) groups excluding carboxylic acids is 1. The smallest absolute Gasteiger partial charge is 0.334 e. The Kier molecular flexibility index (Phi) is 6.01. The van der Waals surface area contributed by atoms with Crippen LogP contribution in [0.2, 0.25) is 0 Å². The number of esters is 1. The highest BCUT2D eigenvalue weighted by Crippen LogP contribution is 2.34. The van der Waals surface area contributed by atoms with E-state index in [1.807, 2.05) is 0 Å². The fraction of sp³-hybridized carbons (Fsp3) is 0.632. The molecule has 122 valence electrons. The van der Waals surface area contributed by atoms with Gasteiger partial charge in [0, 0.05) is 18.1 Å². The lowest BCUT2D eigenvalue weighted by atomic mass is 9.88. The second kappa shape index (κ2) is 7.77. The molecule has 1 aliphatic carbocycles. The lowest BCUT2D eigenvalue weighted by Gasteiger charge is -2.19. The van der Waals surface area contributed by atoms with Gasteiger partial charge in [0.05, 0.1) is 6.61 Å². The van der Waals surface area contributed by atoms with Crippen molar-refractivity contribution in [2.24, 2.45) is 11.8 Å². The lowest BCUT2D eigenvalue weighted by Crippen LogP contribution is -2.17. The van der Waals surface area contributed by atoms with Crippen LogP contribution in [0.25, 0.3) is 0 Å². The monoisotopic (exact) mass is 304 g/mol. The summed E-state index contributed by atoms with van der Waals surface area (Å²) < 4.78 is 11.3. The van der Waals surface area contributed by atoms with E-state index in [-0.39, 0.29) is 18.0 Å². The Morgan fingerprint density at radius 1 is 1.41 bits per heavy atom. The normalized spacial score (nSPS) is 26.4. The van der Waals surface area contributed by atoms with Gasteiger partial charge in [-0.05, 0) is 50.2 Å². The van der Waals surface area contributed by atoms with Gasteiger partial charge in [-0.1, -0.05) is 32.1 Å². The molecule has 1 heterocycles. The minimum atomic E-state index is -0.241. The maximum absolute atomic E-state index is 11.8. The Balaban J connectivity index is 2.12. The SMILES string of the molecule is C=C1C(=O)OC2C=C(COCC(C)C)CCC=C(C)CCC12. The average Bonchev–Trinajstić information content (AvgIpc) is 2.71. The van der Waals surface area contributed by atoms with Crippen molar-refractivity contribution in [3.05, 3.63) is 35.5 Å². The summed E-state index contributed by atoms with van der Waals surface area (Å²) in [7, 11) is 0. The van der Waals surface area contributed by atoms with E-state index in [1.165, 1.54) is 11.1 Å². The molecule has 0 radical (unpaired) electrons. The zero-order valence-corrected chi connectivity index (χ0v) is 14.1. The van der Waals surface area contributed by atoms with Crippen molar-refractivity contribution < 1.29 is 14.3 Å². The number of hydrogen-bond acceptors (Lipinski definition) is 3. The van der Waals surface area contributed by atoms with Crippen molar-refractivity contribution >= 4 is 5.97 Å². The van der Waals surface area contributed by atoms with E-state index in [0.29, 0.717) is 18.1 Å². The first-order valence-electron chi connectivity index (χ1n) is 8.30. The molecule has 0 amide bonds. The molecule has 3 nitrogen and oxygen atoms in total. The average molecular weight is 304 g/mol. The molecule has 0 aromatic rings. The standard InChI is InChI=1S/C19H28O3/c1-13(2)11-21-12-16-7-5-6-14(3)8-9-17-15(4)19(20)22-18(17)10-16/h6,10,13,17-18H,4-5,7-9,11-12H2,1-3H3. The number of allylic oxidation sites excluding steroid dienone is 2. The highest BCUT2D eigenvalue weighted by molar-refractivity contribution is 5.91. The van der Waals surface area contributed by atoms with Gasteiger partial charge < -0.3 is 9.47 Å². The van der Waals surface area contributed by atoms with Gasteiger partial charge in [0.2, 0.25) is 0 Å². The van der Waals surface area contributed by atoms with E-state index >= 15 is 0 Å². The van der Waals surface area contributed by atoms with Crippen molar-refractivity contribution in [2.75, 3.05) is 13.2 Å². The van der Waals surface area contributed by atoms with Crippen LogP contribution < -0.4 is 0 Å². The van der Waals surface area contributed by atoms with Gasteiger partial charge in [0.15, 0.2) is 0 Å². The van der Waals surface area contributed by atoms with Gasteiger partial charge in [-0.3, -0.25) is 0 Å². The van der Waals surface area contributed by atoms with Crippen molar-refractivity contribution in [3.63, 3.8) is 0 Å². The Hall–Kier alpha value is -1.35. The highest BCUT2D eigenvalue weighted by atomic mass is 16.6. The summed E-state index contributed by atoms with van der Waals surface area (Å²) in [5.41, 5.74) is 3.23. The molecule has 3 heteroatoms. The van der Waals surface area contributed by atoms with Gasteiger partial charge in [-0.2, -0.15) is 0 Å². The topological polar surface area (TPSA) is 35.5 Å². The van der Waals surface area contributed by atoms with Crippen LogP contribution in [0.1, 0.15) is 46.5 Å². The van der Waals surface area contributed by atoms with Crippen molar-refractivity contribution in [3.8, 4) is 0 Å². The Bertz CT molecular complexity index is 485. The van der Waals surface area contributed by atoms with Gasteiger partial charge >= 0.3 is 5.97 Å². The quantitative estimate of drug-likeness (QED) is 0.443. The van der Waals surface area contributed by atoms with Gasteiger partial charge in [-0.25, -0.2) is 4.79 Å². The number of ether oxygens (including phenoxy) is 2. The largest absolute Gasteiger partial charge is 0.454 e. The number of carbonyl (C=O) groups is 1. The van der Waals surface area contributed by atoms with Crippen LogP contribution in [0.4, 0.5) is 0 Å². The van der Waals surface area contributed by atoms with Crippen LogP contribution in [0.15, 0.2) is 35.5 Å². The molecule has 1 fully saturated rings. The van der Waals surface area contributed by atoms with E-state index < -0.39 is 0 Å². The first kappa shape index (κ1) is 17.0. The number of fused-ring (bicyclic) bond motifs is 1. The van der Waals surface area contributed by atoms with Crippen LogP contribution in [0.5, 0.6) is 0 Å². The van der Waals surface area contributed by atoms with Crippen molar-refractivity contribution in [1.82, 2.24) is 0 Å². The molecule has 2 rings (SSSR count). The first-order valence-corrected chi connectivity index (χ1v) is 8.30. The molecule has 0 saturated carbocycles. The number of hydrogen-bond donors (Lipinski definition) is 0. The molecular weight excluding hydrogens is 276 g/mol. The summed E-state index contributed by atoms with van der Waals surface area (Å²) in [6, 6.07) is 0. The van der Waals surface area contributed by atoms with Crippen LogP contribution in [-0.4, -0.2) is 25.3 Å². The molecule has 2 unspecified atom stereocenters. The Labute approximate surface area is 134 Å². The Morgan fingerprint density at radius 2 is 2.18 bits per heavy atom. The molecule has 0 aromatic heterocycles. The van der Waals surface area contributed by atoms with Crippen LogP contribution in [-0.2, 0) is 14.3 Å². The molecule has 2 atom stereocenters. The summed E-state index contributed by atoms with van der Waals surface area (Å²) >= 11 is 0. The van der Waals surface area contributed by atoms with Gasteiger partial charge in [0.25, 0.3) is 0 Å². The summed E-state index contributed by atoms with van der Waals surface area (Å²) in [5, 5.41) is 0. The minimum absolute atomic E-state index is 0.106. The molecule has 0 spiro atoms. The Morgan fingerprint density at radius 3 is 2.91 bits per heavy atom. The third-order valence-electron chi connectivity index (χ3n) is 4.30. The predicted molar refractivity (Wildman–Crippen MR) is 88.5 cm³/mol. The second-order valence-corrected chi connectivity index (χ2v) is 6.86. The summed E-state index contributed by atoms with van der Waals surface area (Å²) in [6.45, 7) is 11.8. The summed E-state index contributed by atoms with van der Waals surface area (Å²) in [5.74, 6) is 0.391. The predicted octanol–water partition coefficient (Wildman–Crippen LogP) is 4.20. The maximum atomic E-state index is 11.8. The lowest BCUT2D eigenvalue weighted by molar-refractivity contribution is -0.137. The molecule has 0 aromatic carbocycles. The van der Waals surface area contributed by atoms with E-state index in [0.717, 1.165) is 32.3 Å². The molecule has 1 aliphatic heterocycles. The van der Waals surface area contributed by atoms with Gasteiger partial charge in [0.1, 0.15) is 6.10 Å². The zero-order chi connectivity index (χ0) is 16.1. The van der Waals surface area contributed by atoms with E-state index in [9.17, 15) is 4.79 Å². The van der Waals surface area contributed by atoms with Gasteiger partial charge in [-0.15, -0.1) is 0 Å². The van der Waals surface area contributed by atoms with E-state index in [4.69, 9.17) is 9.47 Å². The third-order valence-corrected chi connectivity index (χ3v) is 4.30. The first-order chi connectivity index (χ1) is 10.5.